The van der Waals surface area contributed by atoms with Crippen LogP contribution in [0.1, 0.15) is 39.0 Å². The van der Waals surface area contributed by atoms with Crippen LogP contribution in [0, 0.1) is 12.8 Å². The Morgan fingerprint density at radius 3 is 3.00 bits per heavy atom. The van der Waals surface area contributed by atoms with Gasteiger partial charge in [-0.2, -0.15) is 0 Å². The third-order valence-corrected chi connectivity index (χ3v) is 6.03. The van der Waals surface area contributed by atoms with Crippen molar-refractivity contribution in [1.82, 2.24) is 0 Å². The number of ether oxygens (including phenoxy) is 1. The molecule has 1 heterocycles. The molecule has 0 saturated heterocycles. The average molecular weight is 378 g/mol. The van der Waals surface area contributed by atoms with Crippen molar-refractivity contribution in [2.24, 2.45) is 5.92 Å². The standard InChI is InChI=1S/C19H20ClNO3S/c1-11-6-7-16-13(8-11)9-17(25-16)19(23)24-10-18(22)21-15-5-3-4-14(20)12(15)2/h3-5,9,11H,6-8,10H2,1-2H3,(H,21,22)/t11-/m0/s1. The summed E-state index contributed by atoms with van der Waals surface area (Å²) in [5.74, 6) is -0.170. The van der Waals surface area contributed by atoms with Crippen LogP contribution < -0.4 is 5.32 Å². The van der Waals surface area contributed by atoms with Crippen molar-refractivity contribution >= 4 is 40.5 Å². The van der Waals surface area contributed by atoms with E-state index in [2.05, 4.69) is 12.2 Å². The van der Waals surface area contributed by atoms with Crippen LogP contribution in [0.2, 0.25) is 5.02 Å². The first-order valence-corrected chi connectivity index (χ1v) is 9.47. The summed E-state index contributed by atoms with van der Waals surface area (Å²) in [5.41, 5.74) is 2.65. The van der Waals surface area contributed by atoms with Gasteiger partial charge in [-0.3, -0.25) is 4.79 Å². The van der Waals surface area contributed by atoms with Crippen LogP contribution in [-0.2, 0) is 22.4 Å². The lowest BCUT2D eigenvalue weighted by molar-refractivity contribution is -0.119. The predicted molar refractivity (Wildman–Crippen MR) is 101 cm³/mol. The third-order valence-electron chi connectivity index (χ3n) is 4.41. The molecule has 0 bridgehead atoms. The number of carbonyl (C=O) groups excluding carboxylic acids is 2. The second kappa shape index (κ2) is 7.58. The number of fused-ring (bicyclic) bond motifs is 1. The summed E-state index contributed by atoms with van der Waals surface area (Å²) in [6.45, 7) is 3.73. The quantitative estimate of drug-likeness (QED) is 0.790. The van der Waals surface area contributed by atoms with Crippen molar-refractivity contribution in [2.75, 3.05) is 11.9 Å². The third kappa shape index (κ3) is 4.22. The van der Waals surface area contributed by atoms with E-state index in [1.54, 1.807) is 18.2 Å². The zero-order chi connectivity index (χ0) is 18.0. The van der Waals surface area contributed by atoms with E-state index >= 15 is 0 Å². The van der Waals surface area contributed by atoms with Gasteiger partial charge in [0.25, 0.3) is 5.91 Å². The number of benzene rings is 1. The molecule has 0 spiro atoms. The molecule has 1 aliphatic rings. The van der Waals surface area contributed by atoms with E-state index in [1.165, 1.54) is 21.8 Å². The van der Waals surface area contributed by atoms with Crippen molar-refractivity contribution < 1.29 is 14.3 Å². The van der Waals surface area contributed by atoms with E-state index in [-0.39, 0.29) is 12.5 Å². The van der Waals surface area contributed by atoms with Crippen molar-refractivity contribution in [3.05, 3.63) is 50.2 Å². The molecule has 1 N–H and O–H groups in total. The Kier molecular flexibility index (Phi) is 5.45. The van der Waals surface area contributed by atoms with Crippen molar-refractivity contribution in [3.8, 4) is 0 Å². The number of rotatable bonds is 4. The monoisotopic (exact) mass is 377 g/mol. The van der Waals surface area contributed by atoms with Crippen molar-refractivity contribution in [3.63, 3.8) is 0 Å². The summed E-state index contributed by atoms with van der Waals surface area (Å²) >= 11 is 7.51. The maximum absolute atomic E-state index is 12.2. The van der Waals surface area contributed by atoms with E-state index in [0.717, 1.165) is 24.8 Å². The number of nitrogens with one attached hydrogen (secondary N) is 1. The lowest BCUT2D eigenvalue weighted by Gasteiger charge is -2.16. The summed E-state index contributed by atoms with van der Waals surface area (Å²) in [6, 6.07) is 7.19. The fraction of sp³-hybridized carbons (Fsp3) is 0.368. The molecule has 1 aromatic carbocycles. The molecule has 3 rings (SSSR count). The maximum Gasteiger partial charge on any atom is 0.348 e. The summed E-state index contributed by atoms with van der Waals surface area (Å²) < 4.78 is 5.16. The van der Waals surface area contributed by atoms with Crippen LogP contribution >= 0.6 is 22.9 Å². The van der Waals surface area contributed by atoms with Crippen LogP contribution in [0.3, 0.4) is 0 Å². The van der Waals surface area contributed by atoms with Gasteiger partial charge in [-0.15, -0.1) is 11.3 Å². The molecule has 0 radical (unpaired) electrons. The molecule has 1 atom stereocenters. The highest BCUT2D eigenvalue weighted by Crippen LogP contribution is 2.32. The molecule has 132 valence electrons. The lowest BCUT2D eigenvalue weighted by Crippen LogP contribution is -2.21. The fourth-order valence-electron chi connectivity index (χ4n) is 2.94. The van der Waals surface area contributed by atoms with Crippen LogP contribution in [0.5, 0.6) is 0 Å². The smallest absolute Gasteiger partial charge is 0.348 e. The number of carbonyl (C=O) groups is 2. The second-order valence-corrected chi connectivity index (χ2v) is 7.99. The molecule has 4 nitrogen and oxygen atoms in total. The van der Waals surface area contributed by atoms with Gasteiger partial charge in [-0.05, 0) is 61.4 Å². The number of halogens is 1. The molecule has 2 aromatic rings. The van der Waals surface area contributed by atoms with E-state index in [4.69, 9.17) is 16.3 Å². The number of hydrogen-bond acceptors (Lipinski definition) is 4. The van der Waals surface area contributed by atoms with Gasteiger partial charge in [0, 0.05) is 15.6 Å². The fourth-order valence-corrected chi connectivity index (χ4v) is 4.21. The highest BCUT2D eigenvalue weighted by Gasteiger charge is 2.21. The minimum atomic E-state index is -0.440. The van der Waals surface area contributed by atoms with E-state index in [0.29, 0.717) is 21.5 Å². The lowest BCUT2D eigenvalue weighted by atomic mass is 9.90. The van der Waals surface area contributed by atoms with Gasteiger partial charge in [0.15, 0.2) is 6.61 Å². The minimum absolute atomic E-state index is 0.316. The normalized spacial score (nSPS) is 16.2. The van der Waals surface area contributed by atoms with Crippen molar-refractivity contribution in [2.45, 2.75) is 33.1 Å². The number of thiophene rings is 1. The van der Waals surface area contributed by atoms with Gasteiger partial charge < -0.3 is 10.1 Å². The van der Waals surface area contributed by atoms with Crippen molar-refractivity contribution in [1.29, 1.82) is 0 Å². The van der Waals surface area contributed by atoms with Crippen LogP contribution in [0.25, 0.3) is 0 Å². The van der Waals surface area contributed by atoms with Gasteiger partial charge in [0.2, 0.25) is 0 Å². The maximum atomic E-state index is 12.2. The highest BCUT2D eigenvalue weighted by atomic mass is 35.5. The first-order chi connectivity index (χ1) is 11.9. The highest BCUT2D eigenvalue weighted by molar-refractivity contribution is 7.14. The molecule has 0 fully saturated rings. The van der Waals surface area contributed by atoms with Gasteiger partial charge in [-0.25, -0.2) is 4.79 Å². The average Bonchev–Trinajstić information content (AvgIpc) is 3.00. The summed E-state index contributed by atoms with van der Waals surface area (Å²) in [7, 11) is 0. The van der Waals surface area contributed by atoms with Crippen LogP contribution in [0.4, 0.5) is 5.69 Å². The van der Waals surface area contributed by atoms with E-state index in [9.17, 15) is 9.59 Å². The Morgan fingerprint density at radius 1 is 1.40 bits per heavy atom. The van der Waals surface area contributed by atoms with Gasteiger partial charge in [-0.1, -0.05) is 24.6 Å². The summed E-state index contributed by atoms with van der Waals surface area (Å²) in [6.07, 6.45) is 3.18. The Morgan fingerprint density at radius 2 is 2.20 bits per heavy atom. The first-order valence-electron chi connectivity index (χ1n) is 8.27. The van der Waals surface area contributed by atoms with E-state index < -0.39 is 5.97 Å². The molecule has 1 amide bonds. The molecule has 0 unspecified atom stereocenters. The Balaban J connectivity index is 1.57. The molecule has 1 aliphatic carbocycles. The second-order valence-electron chi connectivity index (χ2n) is 6.44. The first kappa shape index (κ1) is 18.0. The Bertz CT molecular complexity index is 815. The van der Waals surface area contributed by atoms with Crippen LogP contribution in [0.15, 0.2) is 24.3 Å². The molecular weight excluding hydrogens is 358 g/mol. The van der Waals surface area contributed by atoms with Gasteiger partial charge in [0.1, 0.15) is 4.88 Å². The number of amides is 1. The number of aryl methyl sites for hydroxylation is 1. The summed E-state index contributed by atoms with van der Waals surface area (Å²) in [4.78, 5) is 26.1. The van der Waals surface area contributed by atoms with E-state index in [1.807, 2.05) is 13.0 Å². The SMILES string of the molecule is Cc1c(Cl)cccc1NC(=O)COC(=O)c1cc2c(s1)CC[C@H](C)C2. The number of hydrogen-bond donors (Lipinski definition) is 1. The Labute approximate surface area is 156 Å². The molecule has 6 heteroatoms. The topological polar surface area (TPSA) is 55.4 Å². The van der Waals surface area contributed by atoms with Gasteiger partial charge >= 0.3 is 5.97 Å². The Hall–Kier alpha value is -1.85. The molecule has 25 heavy (non-hydrogen) atoms. The molecule has 0 saturated carbocycles. The predicted octanol–water partition coefficient (Wildman–Crippen LogP) is 4.63. The summed E-state index contributed by atoms with van der Waals surface area (Å²) in [5, 5.41) is 3.29. The zero-order valence-electron chi connectivity index (χ0n) is 14.2. The molecular formula is C19H20ClNO3S. The van der Waals surface area contributed by atoms with Crippen LogP contribution in [-0.4, -0.2) is 18.5 Å². The number of anilines is 1. The number of esters is 1. The minimum Gasteiger partial charge on any atom is -0.451 e. The zero-order valence-corrected chi connectivity index (χ0v) is 15.8. The molecule has 0 aliphatic heterocycles. The molecule has 1 aromatic heterocycles. The largest absolute Gasteiger partial charge is 0.451 e. The van der Waals surface area contributed by atoms with Gasteiger partial charge in [0.05, 0.1) is 0 Å².